The van der Waals surface area contributed by atoms with Gasteiger partial charge in [0, 0.05) is 54.4 Å². The molecule has 2 aliphatic carbocycles. The fourth-order valence-electron chi connectivity index (χ4n) is 6.56. The van der Waals surface area contributed by atoms with E-state index in [9.17, 15) is 13.6 Å². The predicted octanol–water partition coefficient (Wildman–Crippen LogP) is 3.88. The number of carbonyl (C=O) groups is 1. The summed E-state index contributed by atoms with van der Waals surface area (Å²) in [5.74, 6) is -1.36. The van der Waals surface area contributed by atoms with Crippen molar-refractivity contribution in [1.29, 1.82) is 0 Å². The third kappa shape index (κ3) is 5.45. The zero-order chi connectivity index (χ0) is 32.2. The number of hydrogen-bond acceptors (Lipinski definition) is 10. The van der Waals surface area contributed by atoms with Gasteiger partial charge in [0.15, 0.2) is 5.69 Å². The number of alkyl halides is 2. The van der Waals surface area contributed by atoms with Crippen LogP contribution >= 0.6 is 0 Å². The Balaban J connectivity index is 0.987. The van der Waals surface area contributed by atoms with Gasteiger partial charge in [-0.3, -0.25) is 4.79 Å². The number of nitrogens with zero attached hydrogens (tertiary/aromatic N) is 7. The number of amides is 1. The van der Waals surface area contributed by atoms with Crippen LogP contribution in [-0.4, -0.2) is 69.1 Å². The largest absolute Gasteiger partial charge is 0.497 e. The Morgan fingerprint density at radius 1 is 1.09 bits per heavy atom. The quantitative estimate of drug-likeness (QED) is 0.266. The van der Waals surface area contributed by atoms with Crippen LogP contribution in [0.5, 0.6) is 11.5 Å². The van der Waals surface area contributed by atoms with Crippen LogP contribution in [0.1, 0.15) is 56.6 Å². The van der Waals surface area contributed by atoms with Crippen LogP contribution in [0.15, 0.2) is 36.7 Å². The summed E-state index contributed by atoms with van der Waals surface area (Å²) in [5, 5.41) is 14.8. The van der Waals surface area contributed by atoms with Crippen LogP contribution < -0.4 is 25.0 Å². The number of fused-ring (bicyclic) bond motifs is 2. The zero-order valence-electron chi connectivity index (χ0n) is 26.0. The van der Waals surface area contributed by atoms with Gasteiger partial charge >= 0.3 is 0 Å². The maximum Gasteiger partial charge on any atom is 0.273 e. The Labute approximate surface area is 264 Å². The molecule has 0 radical (unpaired) electrons. The number of aromatic nitrogens is 6. The van der Waals surface area contributed by atoms with Gasteiger partial charge in [-0.05, 0) is 56.0 Å². The molecular weight excluding hydrogens is 596 g/mol. The molecule has 1 aromatic carbocycles. The van der Waals surface area contributed by atoms with Crippen molar-refractivity contribution in [2.45, 2.75) is 51.7 Å². The van der Waals surface area contributed by atoms with Crippen LogP contribution in [0.2, 0.25) is 0 Å². The first-order chi connectivity index (χ1) is 22.1. The minimum atomic E-state index is -2.55. The standard InChI is InChI=1S/C32H35F2N9O3/c1-17-9-23-22(29(37-17)35-11-19-5-6-21(45-3)10-28(19)46-4)7-8-26(23)39-30(44)27-16-43(41-40-27)13-20-12-36-31(38-18(20)2)42-14-24-25(15-42)32(24,33)34/h5-6,9-10,12,16,24-26H,7-8,11,13-15H2,1-4H3,(H,35,37)(H,39,44). The summed E-state index contributed by atoms with van der Waals surface area (Å²) in [6.07, 6.45) is 4.78. The lowest BCUT2D eigenvalue weighted by Crippen LogP contribution is -2.29. The molecule has 46 heavy (non-hydrogen) atoms. The number of rotatable bonds is 10. The van der Waals surface area contributed by atoms with Gasteiger partial charge in [0.2, 0.25) is 5.95 Å². The number of anilines is 2. The lowest BCUT2D eigenvalue weighted by atomic mass is 10.1. The highest BCUT2D eigenvalue weighted by atomic mass is 19.3. The first-order valence-corrected chi connectivity index (χ1v) is 15.3. The number of methoxy groups -OCH3 is 2. The zero-order valence-corrected chi connectivity index (χ0v) is 26.0. The van der Waals surface area contributed by atoms with E-state index >= 15 is 0 Å². The van der Waals surface area contributed by atoms with Crippen molar-refractivity contribution in [2.24, 2.45) is 11.8 Å². The van der Waals surface area contributed by atoms with E-state index in [1.54, 1.807) is 31.3 Å². The lowest BCUT2D eigenvalue weighted by molar-refractivity contribution is 0.0795. The van der Waals surface area contributed by atoms with Crippen molar-refractivity contribution in [1.82, 2.24) is 35.3 Å². The van der Waals surface area contributed by atoms with Crippen LogP contribution in [0.4, 0.5) is 20.5 Å². The summed E-state index contributed by atoms with van der Waals surface area (Å²) in [7, 11) is 3.25. The molecule has 3 atom stereocenters. The highest BCUT2D eigenvalue weighted by Crippen LogP contribution is 2.59. The van der Waals surface area contributed by atoms with Crippen molar-refractivity contribution < 1.29 is 23.0 Å². The molecule has 2 N–H and O–H groups in total. The Kier molecular flexibility index (Phi) is 7.44. The second-order valence-corrected chi connectivity index (χ2v) is 12.2. The maximum atomic E-state index is 13.6. The van der Waals surface area contributed by atoms with Crippen molar-refractivity contribution in [2.75, 3.05) is 37.5 Å². The van der Waals surface area contributed by atoms with E-state index in [1.807, 2.05) is 43.0 Å². The van der Waals surface area contributed by atoms with Gasteiger partial charge < -0.3 is 25.0 Å². The van der Waals surface area contributed by atoms with Crippen LogP contribution in [-0.2, 0) is 19.5 Å². The van der Waals surface area contributed by atoms with E-state index in [1.165, 1.54) is 0 Å². The summed E-state index contributed by atoms with van der Waals surface area (Å²) < 4.78 is 39.6. The molecule has 12 nitrogen and oxygen atoms in total. The van der Waals surface area contributed by atoms with E-state index in [0.717, 1.165) is 63.8 Å². The Morgan fingerprint density at radius 3 is 2.63 bits per heavy atom. The van der Waals surface area contributed by atoms with Crippen molar-refractivity contribution in [3.05, 3.63) is 76.0 Å². The van der Waals surface area contributed by atoms with E-state index in [2.05, 4.69) is 30.9 Å². The number of carbonyl (C=O) groups excluding carboxylic acids is 1. The molecule has 4 heterocycles. The maximum absolute atomic E-state index is 13.6. The number of halogens is 2. The molecule has 1 saturated heterocycles. The Hall–Kier alpha value is -4.88. The number of nitrogens with one attached hydrogen (secondary N) is 2. The molecular formula is C32H35F2N9O3. The molecule has 3 aromatic heterocycles. The molecule has 4 aromatic rings. The van der Waals surface area contributed by atoms with Gasteiger partial charge in [-0.25, -0.2) is 28.4 Å². The smallest absolute Gasteiger partial charge is 0.273 e. The van der Waals surface area contributed by atoms with Gasteiger partial charge in [0.25, 0.3) is 11.8 Å². The highest BCUT2D eigenvalue weighted by molar-refractivity contribution is 5.92. The van der Waals surface area contributed by atoms with Gasteiger partial charge in [0.1, 0.15) is 17.3 Å². The summed E-state index contributed by atoms with van der Waals surface area (Å²) in [5.41, 5.74) is 5.65. The predicted molar refractivity (Wildman–Crippen MR) is 164 cm³/mol. The number of benzene rings is 1. The fraction of sp³-hybridized carbons (Fsp3) is 0.438. The summed E-state index contributed by atoms with van der Waals surface area (Å²) in [6.45, 7) is 5.17. The number of aryl methyl sites for hydroxylation is 2. The average molecular weight is 632 g/mol. The van der Waals surface area contributed by atoms with Gasteiger partial charge in [-0.2, -0.15) is 0 Å². The molecule has 3 aliphatic rings. The summed E-state index contributed by atoms with van der Waals surface area (Å²) in [4.78, 5) is 28.8. The molecule has 2 fully saturated rings. The molecule has 3 unspecified atom stereocenters. The van der Waals surface area contributed by atoms with Crippen LogP contribution in [0, 0.1) is 25.7 Å². The van der Waals surface area contributed by atoms with Crippen molar-refractivity contribution >= 4 is 17.7 Å². The second kappa shape index (κ2) is 11.5. The second-order valence-electron chi connectivity index (χ2n) is 12.2. The van der Waals surface area contributed by atoms with Gasteiger partial charge in [-0.15, -0.1) is 5.10 Å². The summed E-state index contributed by atoms with van der Waals surface area (Å²) >= 11 is 0. The highest BCUT2D eigenvalue weighted by Gasteiger charge is 2.72. The molecule has 14 heteroatoms. The van der Waals surface area contributed by atoms with Crippen LogP contribution in [0.25, 0.3) is 0 Å². The Morgan fingerprint density at radius 2 is 1.89 bits per heavy atom. The first kappa shape index (κ1) is 29.8. The number of hydrogen-bond donors (Lipinski definition) is 2. The number of pyridine rings is 1. The number of ether oxygens (including phenoxy) is 2. The van der Waals surface area contributed by atoms with Gasteiger partial charge in [-0.1, -0.05) is 5.21 Å². The fourth-order valence-corrected chi connectivity index (χ4v) is 6.56. The minimum absolute atomic E-state index is 0.190. The molecule has 1 amide bonds. The van der Waals surface area contributed by atoms with Crippen molar-refractivity contribution in [3.8, 4) is 11.5 Å². The minimum Gasteiger partial charge on any atom is -0.497 e. The van der Waals surface area contributed by atoms with Crippen LogP contribution in [0.3, 0.4) is 0 Å². The average Bonchev–Trinajstić information content (AvgIpc) is 3.61. The van der Waals surface area contributed by atoms with E-state index in [0.29, 0.717) is 19.0 Å². The normalized spacial score (nSPS) is 20.7. The third-order valence-electron chi connectivity index (χ3n) is 9.25. The van der Waals surface area contributed by atoms with E-state index in [-0.39, 0.29) is 30.7 Å². The van der Waals surface area contributed by atoms with E-state index < -0.39 is 17.8 Å². The Bertz CT molecular complexity index is 1800. The van der Waals surface area contributed by atoms with E-state index in [4.69, 9.17) is 14.5 Å². The molecule has 0 spiro atoms. The summed E-state index contributed by atoms with van der Waals surface area (Å²) in [6, 6.07) is 7.53. The lowest BCUT2D eigenvalue weighted by Gasteiger charge is -2.20. The molecule has 240 valence electrons. The number of piperidine rings is 1. The SMILES string of the molecule is COc1ccc(CNc2nc(C)cc3c2CCC3NC(=O)c2cn(Cc3cnc(N4CC5C(C4)C5(F)F)nc3C)nn2)c(OC)c1. The third-order valence-corrected chi connectivity index (χ3v) is 9.25. The molecule has 1 saturated carbocycles. The first-order valence-electron chi connectivity index (χ1n) is 15.3. The monoisotopic (exact) mass is 631 g/mol. The topological polar surface area (TPSA) is 132 Å². The van der Waals surface area contributed by atoms with Gasteiger partial charge in [0.05, 0.1) is 44.8 Å². The molecule has 7 rings (SSSR count). The van der Waals surface area contributed by atoms with Crippen molar-refractivity contribution in [3.63, 3.8) is 0 Å². The molecule has 1 aliphatic heterocycles. The molecule has 0 bridgehead atoms.